The molecule has 0 unspecified atom stereocenters. The molecule has 0 bridgehead atoms. The largest absolute Gasteiger partial charge is 0.456 e. The summed E-state index contributed by atoms with van der Waals surface area (Å²) in [5.74, 6) is 1.30. The Morgan fingerprint density at radius 3 is 2.58 bits per heavy atom. The molecule has 0 aliphatic heterocycles. The summed E-state index contributed by atoms with van der Waals surface area (Å²) in [6.45, 7) is 1.16. The van der Waals surface area contributed by atoms with Crippen molar-refractivity contribution < 1.29 is 14.3 Å². The van der Waals surface area contributed by atoms with Crippen LogP contribution in [0.5, 0.6) is 0 Å². The van der Waals surface area contributed by atoms with Gasteiger partial charge in [-0.15, -0.1) is 6.42 Å². The van der Waals surface area contributed by atoms with Crippen LogP contribution >= 0.6 is 0 Å². The number of hydrogen-bond donors (Lipinski definition) is 0. The van der Waals surface area contributed by atoms with Gasteiger partial charge < -0.3 is 9.47 Å². The molecule has 3 heteroatoms. The van der Waals surface area contributed by atoms with Crippen LogP contribution in [0.4, 0.5) is 0 Å². The normalized spacial score (nSPS) is 9.00. The topological polar surface area (TPSA) is 35.5 Å². The summed E-state index contributed by atoms with van der Waals surface area (Å²) in [6, 6.07) is 0. The maximum atomic E-state index is 10.4. The van der Waals surface area contributed by atoms with Crippen molar-refractivity contribution in [2.45, 2.75) is 19.3 Å². The van der Waals surface area contributed by atoms with Crippen LogP contribution in [0.15, 0.2) is 0 Å². The highest BCUT2D eigenvalue weighted by molar-refractivity contribution is 5.87. The predicted octanol–water partition coefficient (Wildman–Crippen LogP) is 0.979. The molecule has 0 aromatic carbocycles. The minimum atomic E-state index is -0.582. The Balaban J connectivity index is 3.02. The molecule has 0 heterocycles. The van der Waals surface area contributed by atoms with Crippen LogP contribution in [0.25, 0.3) is 0 Å². The Labute approximate surface area is 73.0 Å². The first kappa shape index (κ1) is 11.0. The van der Waals surface area contributed by atoms with Crippen molar-refractivity contribution in [1.29, 1.82) is 0 Å². The molecular formula is C9H14O3. The van der Waals surface area contributed by atoms with Crippen molar-refractivity contribution in [2.75, 3.05) is 20.3 Å². The van der Waals surface area contributed by atoms with Crippen LogP contribution in [0, 0.1) is 12.3 Å². The molecule has 0 atom stereocenters. The Hall–Kier alpha value is -1.01. The smallest absolute Gasteiger partial charge is 0.384 e. The highest BCUT2D eigenvalue weighted by atomic mass is 16.5. The Morgan fingerprint density at radius 2 is 2.00 bits per heavy atom. The second-order valence-electron chi connectivity index (χ2n) is 2.33. The Morgan fingerprint density at radius 1 is 1.33 bits per heavy atom. The van der Waals surface area contributed by atoms with Crippen LogP contribution < -0.4 is 0 Å². The third-order valence-corrected chi connectivity index (χ3v) is 1.34. The first-order valence-corrected chi connectivity index (χ1v) is 3.93. The molecule has 0 amide bonds. The number of terminal acetylenes is 1. The van der Waals surface area contributed by atoms with Gasteiger partial charge in [0.2, 0.25) is 0 Å². The summed E-state index contributed by atoms with van der Waals surface area (Å²) >= 11 is 0. The van der Waals surface area contributed by atoms with E-state index in [0.717, 1.165) is 25.9 Å². The minimum Gasteiger partial charge on any atom is -0.456 e. The van der Waals surface area contributed by atoms with Crippen molar-refractivity contribution in [3.8, 4) is 12.3 Å². The number of carbonyl (C=O) groups is 1. The Kier molecular flexibility index (Phi) is 7.41. The SMILES string of the molecule is C#CC(=O)OCCCCCOC. The molecule has 0 aromatic heterocycles. The molecule has 0 rings (SSSR count). The van der Waals surface area contributed by atoms with Gasteiger partial charge in [0.25, 0.3) is 0 Å². The van der Waals surface area contributed by atoms with Crippen molar-refractivity contribution in [3.63, 3.8) is 0 Å². The van der Waals surface area contributed by atoms with Crippen LogP contribution in [0.3, 0.4) is 0 Å². The molecule has 0 saturated heterocycles. The van der Waals surface area contributed by atoms with E-state index in [9.17, 15) is 4.79 Å². The van der Waals surface area contributed by atoms with E-state index >= 15 is 0 Å². The van der Waals surface area contributed by atoms with Gasteiger partial charge in [0.05, 0.1) is 6.61 Å². The van der Waals surface area contributed by atoms with Gasteiger partial charge >= 0.3 is 5.97 Å². The van der Waals surface area contributed by atoms with Crippen molar-refractivity contribution >= 4 is 5.97 Å². The molecule has 0 saturated carbocycles. The quantitative estimate of drug-likeness (QED) is 0.258. The molecule has 0 spiro atoms. The monoisotopic (exact) mass is 170 g/mol. The fourth-order valence-corrected chi connectivity index (χ4v) is 0.732. The van der Waals surface area contributed by atoms with Crippen molar-refractivity contribution in [2.24, 2.45) is 0 Å². The van der Waals surface area contributed by atoms with Gasteiger partial charge in [-0.2, -0.15) is 0 Å². The van der Waals surface area contributed by atoms with E-state index in [1.165, 1.54) is 0 Å². The number of carbonyl (C=O) groups excluding carboxylic acids is 1. The van der Waals surface area contributed by atoms with Gasteiger partial charge in [0, 0.05) is 19.6 Å². The lowest BCUT2D eigenvalue weighted by molar-refractivity contribution is -0.136. The summed E-state index contributed by atoms with van der Waals surface area (Å²) in [5.41, 5.74) is 0. The van der Waals surface area contributed by atoms with Gasteiger partial charge in [0.15, 0.2) is 0 Å². The van der Waals surface area contributed by atoms with Crippen LogP contribution in [-0.2, 0) is 14.3 Å². The molecule has 0 radical (unpaired) electrons. The van der Waals surface area contributed by atoms with E-state index in [2.05, 4.69) is 4.74 Å². The third-order valence-electron chi connectivity index (χ3n) is 1.34. The molecule has 12 heavy (non-hydrogen) atoms. The van der Waals surface area contributed by atoms with Crippen LogP contribution in [0.1, 0.15) is 19.3 Å². The maximum Gasteiger partial charge on any atom is 0.384 e. The summed E-state index contributed by atoms with van der Waals surface area (Å²) < 4.78 is 9.51. The fourth-order valence-electron chi connectivity index (χ4n) is 0.732. The molecule has 3 nitrogen and oxygen atoms in total. The summed E-state index contributed by atoms with van der Waals surface area (Å²) in [6.07, 6.45) is 7.62. The average Bonchev–Trinajstić information content (AvgIpc) is 2.10. The lowest BCUT2D eigenvalue weighted by Crippen LogP contribution is -2.02. The summed E-state index contributed by atoms with van der Waals surface area (Å²) in [4.78, 5) is 10.4. The van der Waals surface area contributed by atoms with E-state index in [-0.39, 0.29) is 0 Å². The number of methoxy groups -OCH3 is 1. The third kappa shape index (κ3) is 7.10. The predicted molar refractivity (Wildman–Crippen MR) is 45.5 cm³/mol. The standard InChI is InChI=1S/C9H14O3/c1-3-9(10)12-8-6-4-5-7-11-2/h1H,4-8H2,2H3. The van der Waals surface area contributed by atoms with Crippen molar-refractivity contribution in [1.82, 2.24) is 0 Å². The van der Waals surface area contributed by atoms with E-state index in [1.54, 1.807) is 7.11 Å². The van der Waals surface area contributed by atoms with E-state index < -0.39 is 5.97 Å². The minimum absolute atomic E-state index is 0.409. The zero-order chi connectivity index (χ0) is 9.23. The highest BCUT2D eigenvalue weighted by Crippen LogP contribution is 1.95. The molecule has 0 aliphatic carbocycles. The van der Waals surface area contributed by atoms with E-state index in [0.29, 0.717) is 6.61 Å². The maximum absolute atomic E-state index is 10.4. The van der Waals surface area contributed by atoms with E-state index in [1.807, 2.05) is 5.92 Å². The van der Waals surface area contributed by atoms with Crippen LogP contribution in [0.2, 0.25) is 0 Å². The molecule has 0 aromatic rings. The molecule has 0 N–H and O–H groups in total. The van der Waals surface area contributed by atoms with Gasteiger partial charge in [-0.1, -0.05) is 0 Å². The first-order chi connectivity index (χ1) is 5.81. The summed E-state index contributed by atoms with van der Waals surface area (Å²) in [7, 11) is 1.67. The van der Waals surface area contributed by atoms with E-state index in [4.69, 9.17) is 11.2 Å². The van der Waals surface area contributed by atoms with Gasteiger partial charge in [-0.05, 0) is 19.3 Å². The molecule has 0 aliphatic rings. The second-order valence-corrected chi connectivity index (χ2v) is 2.33. The lowest BCUT2D eigenvalue weighted by atomic mass is 10.2. The lowest BCUT2D eigenvalue weighted by Gasteiger charge is -2.00. The van der Waals surface area contributed by atoms with Gasteiger partial charge in [-0.25, -0.2) is 4.79 Å². The number of hydrogen-bond acceptors (Lipinski definition) is 3. The number of unbranched alkanes of at least 4 members (excludes halogenated alkanes) is 2. The number of ether oxygens (including phenoxy) is 2. The van der Waals surface area contributed by atoms with Crippen molar-refractivity contribution in [3.05, 3.63) is 0 Å². The first-order valence-electron chi connectivity index (χ1n) is 3.93. The average molecular weight is 170 g/mol. The zero-order valence-corrected chi connectivity index (χ0v) is 7.34. The number of rotatable bonds is 6. The van der Waals surface area contributed by atoms with Gasteiger partial charge in [0.1, 0.15) is 0 Å². The fraction of sp³-hybridized carbons (Fsp3) is 0.667. The molecule has 0 fully saturated rings. The molecular weight excluding hydrogens is 156 g/mol. The Bertz CT molecular complexity index is 158. The van der Waals surface area contributed by atoms with Crippen LogP contribution in [-0.4, -0.2) is 26.3 Å². The molecule has 68 valence electrons. The number of esters is 1. The van der Waals surface area contributed by atoms with Gasteiger partial charge in [-0.3, -0.25) is 0 Å². The highest BCUT2D eigenvalue weighted by Gasteiger charge is 1.94. The summed E-state index contributed by atoms with van der Waals surface area (Å²) in [5, 5.41) is 0. The zero-order valence-electron chi connectivity index (χ0n) is 7.34. The second kappa shape index (κ2) is 8.09.